The Labute approximate surface area is 246 Å². The van der Waals surface area contributed by atoms with E-state index in [-0.39, 0.29) is 41.0 Å². The number of hydrogen-bond donors (Lipinski definition) is 1. The number of nitrogens with zero attached hydrogens (tertiary/aromatic N) is 2. The van der Waals surface area contributed by atoms with Gasteiger partial charge in [0, 0.05) is 30.5 Å². The summed E-state index contributed by atoms with van der Waals surface area (Å²) in [5, 5.41) is 9.28. The number of allylic oxidation sites excluding steroid dienone is 1. The molecule has 3 aliphatic heterocycles. The number of ether oxygens (including phenoxy) is 1. The van der Waals surface area contributed by atoms with Crippen molar-refractivity contribution in [1.29, 1.82) is 0 Å². The smallest absolute Gasteiger partial charge is 0.310 e. The highest BCUT2D eigenvalue weighted by Crippen LogP contribution is 2.69. The van der Waals surface area contributed by atoms with Gasteiger partial charge in [-0.25, -0.2) is 0 Å². The average molecular weight is 577 g/mol. The van der Waals surface area contributed by atoms with Crippen LogP contribution in [-0.2, 0) is 19.1 Å². The summed E-state index contributed by atoms with van der Waals surface area (Å²) in [6.45, 7) is 21.8. The minimum atomic E-state index is -0.669. The minimum absolute atomic E-state index is 0.00615. The van der Waals surface area contributed by atoms with Crippen molar-refractivity contribution in [2.45, 2.75) is 108 Å². The molecule has 7 nitrogen and oxygen atoms in total. The van der Waals surface area contributed by atoms with E-state index in [1.165, 1.54) is 0 Å². The zero-order valence-electron chi connectivity index (χ0n) is 25.6. The minimum Gasteiger partial charge on any atom is -0.465 e. The molecule has 40 heavy (non-hydrogen) atoms. The fourth-order valence-corrected chi connectivity index (χ4v) is 10.1. The highest BCUT2D eigenvalue weighted by molar-refractivity contribution is 8.02. The van der Waals surface area contributed by atoms with Crippen LogP contribution in [0.15, 0.2) is 25.3 Å². The lowest BCUT2D eigenvalue weighted by Crippen LogP contribution is -2.61. The van der Waals surface area contributed by atoms with Crippen molar-refractivity contribution in [3.63, 3.8) is 0 Å². The first-order chi connectivity index (χ1) is 18.8. The van der Waals surface area contributed by atoms with Crippen LogP contribution in [0, 0.1) is 23.2 Å². The predicted molar refractivity (Wildman–Crippen MR) is 162 cm³/mol. The van der Waals surface area contributed by atoms with Crippen LogP contribution in [0.1, 0.15) is 86.5 Å². The van der Waals surface area contributed by atoms with Crippen molar-refractivity contribution >= 4 is 29.5 Å². The van der Waals surface area contributed by atoms with Gasteiger partial charge in [0.1, 0.15) is 6.04 Å². The third kappa shape index (κ3) is 6.33. The molecule has 3 saturated heterocycles. The van der Waals surface area contributed by atoms with E-state index in [1.807, 2.05) is 4.90 Å². The highest BCUT2D eigenvalue weighted by Gasteiger charge is 2.76. The van der Waals surface area contributed by atoms with Gasteiger partial charge in [0.15, 0.2) is 0 Å². The van der Waals surface area contributed by atoms with Gasteiger partial charge in [-0.2, -0.15) is 0 Å². The van der Waals surface area contributed by atoms with Crippen LogP contribution >= 0.6 is 11.8 Å². The van der Waals surface area contributed by atoms with Crippen molar-refractivity contribution in [2.24, 2.45) is 23.2 Å². The van der Waals surface area contributed by atoms with E-state index in [9.17, 15) is 19.5 Å². The molecule has 0 radical (unpaired) electrons. The molecule has 0 aliphatic carbocycles. The van der Waals surface area contributed by atoms with Gasteiger partial charge in [0.25, 0.3) is 0 Å². The van der Waals surface area contributed by atoms with Gasteiger partial charge in [-0.1, -0.05) is 39.8 Å². The van der Waals surface area contributed by atoms with Crippen LogP contribution in [0.3, 0.4) is 0 Å². The molecule has 2 bridgehead atoms. The number of rotatable bonds is 15. The van der Waals surface area contributed by atoms with Crippen LogP contribution in [0.5, 0.6) is 0 Å². The van der Waals surface area contributed by atoms with Gasteiger partial charge in [-0.05, 0) is 70.1 Å². The van der Waals surface area contributed by atoms with Gasteiger partial charge >= 0.3 is 5.97 Å². The molecule has 2 amide bonds. The topological polar surface area (TPSA) is 87.1 Å². The molecular formula is C32H52N2O5S. The summed E-state index contributed by atoms with van der Waals surface area (Å²) in [7, 11) is 0. The zero-order valence-corrected chi connectivity index (χ0v) is 26.4. The molecule has 3 rings (SSSR count). The van der Waals surface area contributed by atoms with Crippen LogP contribution in [0.4, 0.5) is 0 Å². The number of carbonyl (C=O) groups excluding carboxylic acids is 3. The molecular weight excluding hydrogens is 524 g/mol. The first-order valence-corrected chi connectivity index (χ1v) is 15.9. The fraction of sp³-hybridized carbons (Fsp3) is 0.781. The summed E-state index contributed by atoms with van der Waals surface area (Å²) in [4.78, 5) is 46.3. The quantitative estimate of drug-likeness (QED) is 0.163. The van der Waals surface area contributed by atoms with E-state index in [1.54, 1.807) is 28.8 Å². The highest BCUT2D eigenvalue weighted by atomic mass is 32.2. The maximum Gasteiger partial charge on any atom is 0.310 e. The second-order valence-corrected chi connectivity index (χ2v) is 15.3. The largest absolute Gasteiger partial charge is 0.465 e. The molecule has 0 aromatic carbocycles. The molecule has 8 heteroatoms. The number of unbranched alkanes of at least 4 members (excludes halogenated alkanes) is 3. The van der Waals surface area contributed by atoms with Crippen molar-refractivity contribution in [2.75, 3.05) is 26.3 Å². The van der Waals surface area contributed by atoms with E-state index in [2.05, 4.69) is 54.7 Å². The molecule has 6 atom stereocenters. The summed E-state index contributed by atoms with van der Waals surface area (Å²) in [5.74, 6) is -1.45. The lowest BCUT2D eigenvalue weighted by atomic mass is 9.66. The predicted octanol–water partition coefficient (Wildman–Crippen LogP) is 5.23. The third-order valence-corrected chi connectivity index (χ3v) is 11.0. The number of hydrogen-bond acceptors (Lipinski definition) is 6. The Hall–Kier alpha value is -1.80. The number of aliphatic hydroxyl groups is 1. The van der Waals surface area contributed by atoms with Crippen LogP contribution in [0.2, 0.25) is 0 Å². The Morgan fingerprint density at radius 1 is 1.15 bits per heavy atom. The average Bonchev–Trinajstić information content (AvgIpc) is 3.44. The van der Waals surface area contributed by atoms with Crippen LogP contribution < -0.4 is 0 Å². The normalized spacial score (nSPS) is 29.4. The van der Waals surface area contributed by atoms with Crippen molar-refractivity contribution in [1.82, 2.24) is 9.80 Å². The maximum absolute atomic E-state index is 14.8. The SMILES string of the molecule is C=CCCCOC(=O)[C@@H]1[C@H]2C(=O)N(CCCCCO)C(C(=O)N(CC=C)C(C)(C)CC(C)(C)C)C23S[C@@H]1CC3C. The van der Waals surface area contributed by atoms with Gasteiger partial charge in [0.2, 0.25) is 11.8 Å². The first kappa shape index (κ1) is 32.7. The Bertz CT molecular complexity index is 959. The molecule has 3 fully saturated rings. The molecule has 226 valence electrons. The summed E-state index contributed by atoms with van der Waals surface area (Å²) in [5.41, 5.74) is -0.467. The number of fused-ring (bicyclic) bond motifs is 1. The Morgan fingerprint density at radius 3 is 2.45 bits per heavy atom. The Balaban J connectivity index is 2.02. The zero-order chi connectivity index (χ0) is 29.9. The molecule has 3 heterocycles. The summed E-state index contributed by atoms with van der Waals surface area (Å²) >= 11 is 1.69. The van der Waals surface area contributed by atoms with Crippen molar-refractivity contribution < 1.29 is 24.2 Å². The van der Waals surface area contributed by atoms with Crippen LogP contribution in [-0.4, -0.2) is 80.6 Å². The van der Waals surface area contributed by atoms with Crippen molar-refractivity contribution in [3.05, 3.63) is 25.3 Å². The van der Waals surface area contributed by atoms with E-state index in [0.717, 1.165) is 25.7 Å². The van der Waals surface area contributed by atoms with Gasteiger partial charge in [0.05, 0.1) is 23.2 Å². The number of likely N-dealkylation sites (tertiary alicyclic amines) is 1. The fourth-order valence-electron chi connectivity index (χ4n) is 7.68. The maximum atomic E-state index is 14.8. The molecule has 0 aromatic rings. The molecule has 3 unspecified atom stereocenters. The molecule has 3 aliphatic rings. The lowest BCUT2D eigenvalue weighted by Gasteiger charge is -2.46. The van der Waals surface area contributed by atoms with E-state index in [4.69, 9.17) is 4.74 Å². The number of thioether (sulfide) groups is 1. The summed E-state index contributed by atoms with van der Waals surface area (Å²) in [6, 6.07) is -0.651. The standard InChI is InChI=1S/C32H52N2O5S/c1-9-11-15-19-39-29(38)24-23-20-22(3)32(40-23)25(24)27(36)33(17-13-12-14-18-35)26(32)28(37)34(16-10-2)31(7,8)21-30(4,5)6/h9-10,22-26,35H,1-2,11-21H2,3-8H3/t22?,23-,24+,25+,26?,32?/m1/s1. The Kier molecular flexibility index (Phi) is 10.6. The number of esters is 1. The van der Waals surface area contributed by atoms with Crippen LogP contribution in [0.25, 0.3) is 0 Å². The second kappa shape index (κ2) is 13.0. The van der Waals surface area contributed by atoms with E-state index in [0.29, 0.717) is 39.0 Å². The molecule has 1 spiro atoms. The summed E-state index contributed by atoms with van der Waals surface area (Å²) in [6.07, 6.45) is 8.75. The summed E-state index contributed by atoms with van der Waals surface area (Å²) < 4.78 is 5.03. The van der Waals surface area contributed by atoms with Gasteiger partial charge < -0.3 is 19.6 Å². The first-order valence-electron chi connectivity index (χ1n) is 15.1. The molecule has 1 N–H and O–H groups in total. The van der Waals surface area contributed by atoms with E-state index < -0.39 is 28.2 Å². The number of aliphatic hydroxyl groups excluding tert-OH is 1. The number of amides is 2. The Morgan fingerprint density at radius 2 is 1.85 bits per heavy atom. The van der Waals surface area contributed by atoms with E-state index >= 15 is 0 Å². The van der Waals surface area contributed by atoms with Gasteiger partial charge in [-0.15, -0.1) is 24.9 Å². The number of carbonyl (C=O) groups is 3. The molecule has 0 aromatic heterocycles. The lowest BCUT2D eigenvalue weighted by molar-refractivity contribution is -0.154. The molecule has 0 saturated carbocycles. The second-order valence-electron chi connectivity index (χ2n) is 13.8. The van der Waals surface area contributed by atoms with Gasteiger partial charge in [-0.3, -0.25) is 14.4 Å². The third-order valence-electron chi connectivity index (χ3n) is 8.88. The monoisotopic (exact) mass is 576 g/mol. The van der Waals surface area contributed by atoms with Crippen molar-refractivity contribution in [3.8, 4) is 0 Å².